The van der Waals surface area contributed by atoms with E-state index in [-0.39, 0.29) is 24.2 Å². The molecule has 1 aliphatic carbocycles. The Bertz CT molecular complexity index is 1070. The molecule has 0 bridgehead atoms. The van der Waals surface area contributed by atoms with Crippen molar-refractivity contribution < 1.29 is 14.7 Å². The maximum Gasteiger partial charge on any atom is 0.258 e. The number of H-pyrrole nitrogens is 1. The van der Waals surface area contributed by atoms with E-state index in [0.29, 0.717) is 24.4 Å². The smallest absolute Gasteiger partial charge is 0.258 e. The van der Waals surface area contributed by atoms with Crippen LogP contribution in [0.5, 0.6) is 0 Å². The van der Waals surface area contributed by atoms with E-state index in [2.05, 4.69) is 9.97 Å². The molecule has 0 spiro atoms. The number of amides is 1. The molecule has 0 saturated heterocycles. The number of nitrogens with one attached hydrogen (secondary N) is 1. The molecule has 0 saturated carbocycles. The number of hydrogen-bond acceptors (Lipinski definition) is 4. The van der Waals surface area contributed by atoms with Crippen molar-refractivity contribution in [3.05, 3.63) is 58.9 Å². The van der Waals surface area contributed by atoms with Gasteiger partial charge in [0.1, 0.15) is 12.4 Å². The molecule has 2 N–H and O–H groups in total. The van der Waals surface area contributed by atoms with Crippen LogP contribution in [0.15, 0.2) is 36.4 Å². The average molecular weight is 347 g/mol. The van der Waals surface area contributed by atoms with Gasteiger partial charge in [0.2, 0.25) is 0 Å². The minimum atomic E-state index is -0.171. The molecule has 1 amide bonds. The Morgan fingerprint density at radius 2 is 2.19 bits per heavy atom. The summed E-state index contributed by atoms with van der Waals surface area (Å²) in [5, 5.41) is 9.21. The van der Waals surface area contributed by atoms with Gasteiger partial charge < -0.3 is 15.0 Å². The molecule has 5 rings (SSSR count). The lowest BCUT2D eigenvalue weighted by molar-refractivity contribution is 0.0968. The van der Waals surface area contributed by atoms with Gasteiger partial charge >= 0.3 is 0 Å². The fourth-order valence-corrected chi connectivity index (χ4v) is 4.16. The summed E-state index contributed by atoms with van der Waals surface area (Å²) in [4.78, 5) is 34.4. The lowest BCUT2D eigenvalue weighted by Gasteiger charge is -2.18. The Balaban J connectivity index is 1.55. The molecule has 6 heteroatoms. The van der Waals surface area contributed by atoms with E-state index in [1.165, 1.54) is 0 Å². The van der Waals surface area contributed by atoms with Crippen LogP contribution in [-0.4, -0.2) is 33.3 Å². The topological polar surface area (TPSA) is 86.3 Å². The summed E-state index contributed by atoms with van der Waals surface area (Å²) in [5.74, 6) is 0.801. The van der Waals surface area contributed by atoms with Gasteiger partial charge in [-0.3, -0.25) is 9.59 Å². The molecule has 6 nitrogen and oxygen atoms in total. The molecule has 0 radical (unpaired) electrons. The van der Waals surface area contributed by atoms with E-state index in [1.807, 2.05) is 18.2 Å². The molecular formula is C20H17N3O3. The average Bonchev–Trinajstić information content (AvgIpc) is 3.25. The molecule has 1 unspecified atom stereocenters. The standard InChI is InChI=1S/C20H17N3O3/c24-10-18-21-14-6-4-11(8-15(14)22-18)20(26)23-9-12-5-7-17(25)13-2-1-3-16(23)19(12)13/h1-4,6,8,12,24H,5,7,9-10H2,(H,21,22). The third-order valence-electron chi connectivity index (χ3n) is 5.38. The van der Waals surface area contributed by atoms with Gasteiger partial charge in [-0.25, -0.2) is 4.98 Å². The van der Waals surface area contributed by atoms with Gasteiger partial charge in [-0.15, -0.1) is 0 Å². The highest BCUT2D eigenvalue weighted by molar-refractivity contribution is 6.11. The second-order valence-corrected chi connectivity index (χ2v) is 6.89. The van der Waals surface area contributed by atoms with E-state index in [0.717, 1.165) is 34.3 Å². The Morgan fingerprint density at radius 3 is 3.04 bits per heavy atom. The van der Waals surface area contributed by atoms with Crippen molar-refractivity contribution in [3.8, 4) is 0 Å². The number of nitrogens with zero attached hydrogens (tertiary/aromatic N) is 2. The lowest BCUT2D eigenvalue weighted by Crippen LogP contribution is -2.29. The third-order valence-corrected chi connectivity index (χ3v) is 5.38. The maximum atomic E-state index is 13.2. The lowest BCUT2D eigenvalue weighted by atomic mass is 9.83. The number of aromatic nitrogens is 2. The summed E-state index contributed by atoms with van der Waals surface area (Å²) in [6.07, 6.45) is 1.35. The van der Waals surface area contributed by atoms with Crippen LogP contribution in [0, 0.1) is 0 Å². The van der Waals surface area contributed by atoms with Crippen LogP contribution >= 0.6 is 0 Å². The Morgan fingerprint density at radius 1 is 1.31 bits per heavy atom. The van der Waals surface area contributed by atoms with Crippen molar-refractivity contribution in [2.75, 3.05) is 11.4 Å². The first-order chi connectivity index (χ1) is 12.7. The number of aromatic amines is 1. The molecular weight excluding hydrogens is 330 g/mol. The third kappa shape index (κ3) is 2.12. The summed E-state index contributed by atoms with van der Waals surface area (Å²) >= 11 is 0. The molecule has 2 aromatic carbocycles. The molecule has 2 heterocycles. The number of anilines is 1. The van der Waals surface area contributed by atoms with E-state index >= 15 is 0 Å². The van der Waals surface area contributed by atoms with Crippen molar-refractivity contribution in [1.82, 2.24) is 9.97 Å². The highest BCUT2D eigenvalue weighted by Crippen LogP contribution is 2.44. The monoisotopic (exact) mass is 347 g/mol. The SMILES string of the molecule is O=C1CCC2CN(C(=O)c3ccc4nc(CO)[nH]c4c3)c3cccc1c32. The number of Topliss-reactive ketones (excluding diaryl/α,β-unsaturated/α-hetero) is 1. The molecule has 0 fully saturated rings. The first-order valence-electron chi connectivity index (χ1n) is 8.73. The Kier molecular flexibility index (Phi) is 3.24. The van der Waals surface area contributed by atoms with Crippen molar-refractivity contribution in [2.45, 2.75) is 25.4 Å². The zero-order valence-corrected chi connectivity index (χ0v) is 14.0. The minimum Gasteiger partial charge on any atom is -0.388 e. The number of aliphatic hydroxyl groups is 1. The Labute approximate surface area is 149 Å². The normalized spacial score (nSPS) is 18.4. The second kappa shape index (κ2) is 5.51. The van der Waals surface area contributed by atoms with Crippen LogP contribution in [0.25, 0.3) is 11.0 Å². The van der Waals surface area contributed by atoms with E-state index < -0.39 is 0 Å². The number of benzene rings is 2. The van der Waals surface area contributed by atoms with Crippen molar-refractivity contribution >= 4 is 28.4 Å². The zero-order chi connectivity index (χ0) is 17.8. The van der Waals surface area contributed by atoms with E-state index in [1.54, 1.807) is 23.1 Å². The van der Waals surface area contributed by atoms with Gasteiger partial charge in [0.05, 0.1) is 11.0 Å². The van der Waals surface area contributed by atoms with E-state index in [9.17, 15) is 14.7 Å². The van der Waals surface area contributed by atoms with Crippen molar-refractivity contribution in [2.24, 2.45) is 0 Å². The zero-order valence-electron chi connectivity index (χ0n) is 14.0. The molecule has 130 valence electrons. The van der Waals surface area contributed by atoms with Gasteiger partial charge in [-0.05, 0) is 36.2 Å². The van der Waals surface area contributed by atoms with Crippen LogP contribution < -0.4 is 4.90 Å². The summed E-state index contributed by atoms with van der Waals surface area (Å²) in [5.41, 5.74) is 4.66. The molecule has 1 atom stereocenters. The fourth-order valence-electron chi connectivity index (χ4n) is 4.16. The van der Waals surface area contributed by atoms with Crippen molar-refractivity contribution in [3.63, 3.8) is 0 Å². The number of imidazole rings is 1. The van der Waals surface area contributed by atoms with Crippen LogP contribution in [0.2, 0.25) is 0 Å². The molecule has 26 heavy (non-hydrogen) atoms. The number of fused-ring (bicyclic) bond motifs is 1. The van der Waals surface area contributed by atoms with Gasteiger partial charge in [-0.2, -0.15) is 0 Å². The van der Waals surface area contributed by atoms with Gasteiger partial charge in [0.15, 0.2) is 5.78 Å². The number of carbonyl (C=O) groups is 2. The minimum absolute atomic E-state index is 0.0812. The number of carbonyl (C=O) groups excluding carboxylic acids is 2. The predicted octanol–water partition coefficient (Wildman–Crippen LogP) is 2.78. The van der Waals surface area contributed by atoms with Gasteiger partial charge in [0.25, 0.3) is 5.91 Å². The summed E-state index contributed by atoms with van der Waals surface area (Å²) < 4.78 is 0. The molecule has 3 aromatic rings. The van der Waals surface area contributed by atoms with Gasteiger partial charge in [0, 0.05) is 35.7 Å². The number of rotatable bonds is 2. The molecule has 1 aromatic heterocycles. The van der Waals surface area contributed by atoms with E-state index in [4.69, 9.17) is 0 Å². The first-order valence-corrected chi connectivity index (χ1v) is 8.73. The number of aliphatic hydroxyl groups excluding tert-OH is 1. The quantitative estimate of drug-likeness (QED) is 0.746. The van der Waals surface area contributed by atoms with Gasteiger partial charge in [-0.1, -0.05) is 12.1 Å². The van der Waals surface area contributed by atoms with Crippen LogP contribution in [0.4, 0.5) is 5.69 Å². The highest BCUT2D eigenvalue weighted by Gasteiger charge is 2.38. The van der Waals surface area contributed by atoms with Crippen LogP contribution in [0.1, 0.15) is 50.9 Å². The van der Waals surface area contributed by atoms with Crippen LogP contribution in [0.3, 0.4) is 0 Å². The number of hydrogen-bond donors (Lipinski definition) is 2. The van der Waals surface area contributed by atoms with Crippen LogP contribution in [-0.2, 0) is 6.61 Å². The molecule has 2 aliphatic rings. The maximum absolute atomic E-state index is 13.2. The summed E-state index contributed by atoms with van der Waals surface area (Å²) in [7, 11) is 0. The van der Waals surface area contributed by atoms with Crippen molar-refractivity contribution in [1.29, 1.82) is 0 Å². The largest absolute Gasteiger partial charge is 0.388 e. The number of ketones is 1. The Hall–Kier alpha value is -2.99. The summed E-state index contributed by atoms with van der Waals surface area (Å²) in [6.45, 7) is 0.442. The summed E-state index contributed by atoms with van der Waals surface area (Å²) in [6, 6.07) is 11.0. The fraction of sp³-hybridized carbons (Fsp3) is 0.250. The first kappa shape index (κ1) is 15.3. The predicted molar refractivity (Wildman–Crippen MR) is 96.4 cm³/mol. The molecule has 1 aliphatic heterocycles. The second-order valence-electron chi connectivity index (χ2n) is 6.89. The highest BCUT2D eigenvalue weighted by atomic mass is 16.3.